The lowest BCUT2D eigenvalue weighted by Crippen LogP contribution is -2.36. The number of hydrogen-bond donors (Lipinski definition) is 0. The average molecular weight is 314 g/mol. The number of hydrogen-bond acceptors (Lipinski definition) is 4. The zero-order valence-electron chi connectivity index (χ0n) is 14.2. The Hall–Kier alpha value is -0.160. The van der Waals surface area contributed by atoms with Crippen molar-refractivity contribution in [3.63, 3.8) is 0 Å². The van der Waals surface area contributed by atoms with Crippen LogP contribution in [0.2, 0.25) is 0 Å². The summed E-state index contributed by atoms with van der Waals surface area (Å²) in [6, 6.07) is 0. The van der Waals surface area contributed by atoms with Crippen LogP contribution in [-0.4, -0.2) is 19.0 Å². The van der Waals surface area contributed by atoms with E-state index in [0.29, 0.717) is 13.2 Å². The molecule has 1 aliphatic heterocycles. The van der Waals surface area contributed by atoms with Crippen molar-refractivity contribution in [1.29, 1.82) is 0 Å². The first kappa shape index (κ1) is 18.2. The van der Waals surface area contributed by atoms with Gasteiger partial charge in [0.05, 0.1) is 13.2 Å². The van der Waals surface area contributed by atoms with Gasteiger partial charge in [0, 0.05) is 12.8 Å². The second-order valence-electron chi connectivity index (χ2n) is 6.82. The zero-order valence-corrected chi connectivity index (χ0v) is 14.2. The fraction of sp³-hybridized carbons (Fsp3) is 1.00. The predicted molar refractivity (Wildman–Crippen MR) is 86.1 cm³/mol. The largest absolute Gasteiger partial charge is 0.234 e. The Bertz CT molecular complexity index is 244. The van der Waals surface area contributed by atoms with Crippen LogP contribution in [0.1, 0.15) is 96.3 Å². The van der Waals surface area contributed by atoms with Crippen LogP contribution in [-0.2, 0) is 19.6 Å². The molecule has 0 aromatic heterocycles. The van der Waals surface area contributed by atoms with Crippen LogP contribution in [0.25, 0.3) is 0 Å². The molecule has 22 heavy (non-hydrogen) atoms. The van der Waals surface area contributed by atoms with Crippen molar-refractivity contribution in [2.24, 2.45) is 0 Å². The van der Waals surface area contributed by atoms with Gasteiger partial charge in [-0.25, -0.2) is 9.78 Å². The molecule has 0 radical (unpaired) electrons. The molecule has 0 aromatic rings. The van der Waals surface area contributed by atoms with E-state index in [1.165, 1.54) is 57.8 Å². The predicted octanol–water partition coefficient (Wildman–Crippen LogP) is 5.46. The van der Waals surface area contributed by atoms with Gasteiger partial charge in [-0.3, -0.25) is 0 Å². The molecule has 1 saturated heterocycles. The molecule has 2 fully saturated rings. The van der Waals surface area contributed by atoms with E-state index in [0.717, 1.165) is 38.5 Å². The van der Waals surface area contributed by atoms with E-state index in [2.05, 4.69) is 0 Å². The van der Waals surface area contributed by atoms with Crippen LogP contribution in [0.3, 0.4) is 0 Å². The van der Waals surface area contributed by atoms with Crippen molar-refractivity contribution >= 4 is 0 Å². The normalized spacial score (nSPS) is 27.3. The van der Waals surface area contributed by atoms with E-state index in [1.807, 2.05) is 0 Å². The molecule has 4 nitrogen and oxygen atoms in total. The molecule has 0 bridgehead atoms. The molecule has 0 aromatic carbocycles. The molecule has 0 amide bonds. The van der Waals surface area contributed by atoms with Gasteiger partial charge in [-0.2, -0.15) is 9.78 Å². The summed E-state index contributed by atoms with van der Waals surface area (Å²) in [6.07, 6.45) is 17.7. The Morgan fingerprint density at radius 3 is 1.23 bits per heavy atom. The molecular formula is C18H34O4. The van der Waals surface area contributed by atoms with Crippen LogP contribution in [0.4, 0.5) is 0 Å². The van der Waals surface area contributed by atoms with E-state index < -0.39 is 5.79 Å². The SMILES string of the molecule is C1CCCCCC2(CCCCC1)OOCCCCCCOO2. The van der Waals surface area contributed by atoms with Gasteiger partial charge in [-0.15, -0.1) is 0 Å². The first-order valence-electron chi connectivity index (χ1n) is 9.53. The monoisotopic (exact) mass is 314 g/mol. The lowest BCUT2D eigenvalue weighted by Gasteiger charge is -2.31. The highest BCUT2D eigenvalue weighted by Gasteiger charge is 2.35. The third-order valence-electron chi connectivity index (χ3n) is 4.74. The van der Waals surface area contributed by atoms with Crippen LogP contribution in [0.5, 0.6) is 0 Å². The molecule has 130 valence electrons. The van der Waals surface area contributed by atoms with E-state index in [9.17, 15) is 0 Å². The fourth-order valence-corrected chi connectivity index (χ4v) is 3.31. The van der Waals surface area contributed by atoms with Gasteiger partial charge in [0.1, 0.15) is 0 Å². The molecular weight excluding hydrogens is 280 g/mol. The molecule has 2 rings (SSSR count). The lowest BCUT2D eigenvalue weighted by molar-refractivity contribution is -0.514. The van der Waals surface area contributed by atoms with Gasteiger partial charge in [0.15, 0.2) is 0 Å². The van der Waals surface area contributed by atoms with E-state index in [-0.39, 0.29) is 0 Å². The highest BCUT2D eigenvalue weighted by atomic mass is 17.3. The Labute approximate surface area is 135 Å². The van der Waals surface area contributed by atoms with Crippen molar-refractivity contribution in [3.8, 4) is 0 Å². The van der Waals surface area contributed by atoms with E-state index in [1.54, 1.807) is 0 Å². The van der Waals surface area contributed by atoms with E-state index in [4.69, 9.17) is 19.6 Å². The van der Waals surface area contributed by atoms with Gasteiger partial charge in [0.25, 0.3) is 0 Å². The quantitative estimate of drug-likeness (QED) is 0.556. The van der Waals surface area contributed by atoms with Crippen molar-refractivity contribution < 1.29 is 19.6 Å². The summed E-state index contributed by atoms with van der Waals surface area (Å²) in [6.45, 7) is 1.32. The van der Waals surface area contributed by atoms with Crippen molar-refractivity contribution in [3.05, 3.63) is 0 Å². The minimum atomic E-state index is -0.691. The van der Waals surface area contributed by atoms with Crippen LogP contribution in [0, 0.1) is 0 Å². The standard InChI is InChI=1S/C18H34O4/c1-2-4-6-10-14-18(15-11-7-5-3-1)21-19-16-12-8-9-13-17-20-22-18/h1-17H2. The highest BCUT2D eigenvalue weighted by molar-refractivity contribution is 4.69. The molecule has 0 N–H and O–H groups in total. The minimum absolute atomic E-state index is 0.658. The molecule has 0 atom stereocenters. The molecule has 2 aliphatic rings. The highest BCUT2D eigenvalue weighted by Crippen LogP contribution is 2.30. The maximum atomic E-state index is 5.76. The zero-order chi connectivity index (χ0) is 15.3. The summed E-state index contributed by atoms with van der Waals surface area (Å²) in [5.74, 6) is -0.691. The maximum absolute atomic E-state index is 5.76. The second-order valence-corrected chi connectivity index (χ2v) is 6.82. The molecule has 4 heteroatoms. The molecule has 0 unspecified atom stereocenters. The first-order valence-corrected chi connectivity index (χ1v) is 9.53. The van der Waals surface area contributed by atoms with Crippen LogP contribution < -0.4 is 0 Å². The van der Waals surface area contributed by atoms with Gasteiger partial charge in [0.2, 0.25) is 5.79 Å². The molecule has 1 saturated carbocycles. The number of rotatable bonds is 0. The summed E-state index contributed by atoms with van der Waals surface area (Å²) in [5, 5.41) is 0. The first-order chi connectivity index (χ1) is 10.9. The third kappa shape index (κ3) is 7.40. The molecule has 1 heterocycles. The van der Waals surface area contributed by atoms with Crippen molar-refractivity contribution in [2.75, 3.05) is 13.2 Å². The Balaban J connectivity index is 1.90. The molecule has 1 spiro atoms. The van der Waals surface area contributed by atoms with Gasteiger partial charge < -0.3 is 0 Å². The summed E-state index contributed by atoms with van der Waals surface area (Å²) >= 11 is 0. The Morgan fingerprint density at radius 1 is 0.409 bits per heavy atom. The Kier molecular flexibility index (Phi) is 9.41. The fourth-order valence-electron chi connectivity index (χ4n) is 3.31. The van der Waals surface area contributed by atoms with Gasteiger partial charge in [-0.05, 0) is 25.7 Å². The minimum Gasteiger partial charge on any atom is -0.234 e. The topological polar surface area (TPSA) is 36.9 Å². The smallest absolute Gasteiger partial charge is 0.233 e. The summed E-state index contributed by atoms with van der Waals surface area (Å²) in [7, 11) is 0. The van der Waals surface area contributed by atoms with Crippen LogP contribution >= 0.6 is 0 Å². The maximum Gasteiger partial charge on any atom is 0.233 e. The van der Waals surface area contributed by atoms with Gasteiger partial charge >= 0.3 is 0 Å². The van der Waals surface area contributed by atoms with Crippen LogP contribution in [0.15, 0.2) is 0 Å². The van der Waals surface area contributed by atoms with Crippen molar-refractivity contribution in [1.82, 2.24) is 0 Å². The van der Waals surface area contributed by atoms with E-state index >= 15 is 0 Å². The second kappa shape index (κ2) is 11.4. The summed E-state index contributed by atoms with van der Waals surface area (Å²) < 4.78 is 0. The molecule has 1 aliphatic carbocycles. The van der Waals surface area contributed by atoms with Crippen molar-refractivity contribution in [2.45, 2.75) is 102 Å². The Morgan fingerprint density at radius 2 is 0.773 bits per heavy atom. The summed E-state index contributed by atoms with van der Waals surface area (Å²) in [4.78, 5) is 22.5. The average Bonchev–Trinajstić information content (AvgIpc) is 2.57. The lowest BCUT2D eigenvalue weighted by atomic mass is 9.97. The summed E-state index contributed by atoms with van der Waals surface area (Å²) in [5.41, 5.74) is 0. The van der Waals surface area contributed by atoms with Gasteiger partial charge in [-0.1, -0.05) is 57.8 Å². The third-order valence-corrected chi connectivity index (χ3v) is 4.74.